The molecule has 2 aliphatic rings. The van der Waals surface area contributed by atoms with Crippen LogP contribution in [0.5, 0.6) is 0 Å². The van der Waals surface area contributed by atoms with E-state index in [1.807, 2.05) is 0 Å². The molecule has 0 saturated carbocycles. The van der Waals surface area contributed by atoms with Crippen molar-refractivity contribution >= 4 is 24.2 Å². The smallest absolute Gasteiger partial charge is 0.228 e. The molecule has 2 fully saturated rings. The molecule has 2 aliphatic heterocycles. The first-order chi connectivity index (χ1) is 7.08. The Bertz CT molecular complexity index is 298. The highest BCUT2D eigenvalue weighted by atomic mass is 35.5. The Kier molecular flexibility index (Phi) is 4.15. The molecule has 5 nitrogen and oxygen atoms in total. The number of nitrogens with two attached hydrogens (primary N) is 1. The Morgan fingerprint density at radius 1 is 1.44 bits per heavy atom. The third-order valence-corrected chi connectivity index (χ3v) is 3.23. The van der Waals surface area contributed by atoms with Gasteiger partial charge in [0.2, 0.25) is 11.8 Å². The second-order valence-corrected chi connectivity index (χ2v) is 4.51. The molecule has 92 valence electrons. The van der Waals surface area contributed by atoms with E-state index < -0.39 is 0 Å². The molecule has 0 aromatic carbocycles. The number of halogens is 1. The molecule has 6 heteroatoms. The van der Waals surface area contributed by atoms with Crippen LogP contribution >= 0.6 is 12.4 Å². The van der Waals surface area contributed by atoms with Crippen molar-refractivity contribution in [3.05, 3.63) is 0 Å². The minimum atomic E-state index is -0.146. The first kappa shape index (κ1) is 13.3. The van der Waals surface area contributed by atoms with Gasteiger partial charge in [-0.2, -0.15) is 0 Å². The van der Waals surface area contributed by atoms with E-state index >= 15 is 0 Å². The van der Waals surface area contributed by atoms with E-state index in [1.54, 1.807) is 16.8 Å². The lowest BCUT2D eigenvalue weighted by atomic mass is 10.1. The quantitative estimate of drug-likeness (QED) is 0.676. The SMILES string of the molecule is CN1CC(C(=O)N2CCC(N)C2)CC1=O.Cl. The normalized spacial score (nSPS) is 29.5. The fourth-order valence-electron chi connectivity index (χ4n) is 2.27. The number of carbonyl (C=O) groups is 2. The summed E-state index contributed by atoms with van der Waals surface area (Å²) in [6.07, 6.45) is 1.24. The Hall–Kier alpha value is -0.810. The number of hydrogen-bond acceptors (Lipinski definition) is 3. The zero-order chi connectivity index (χ0) is 11.0. The molecule has 2 saturated heterocycles. The van der Waals surface area contributed by atoms with Crippen LogP contribution in [-0.2, 0) is 9.59 Å². The molecule has 0 radical (unpaired) electrons. The molecule has 2 heterocycles. The van der Waals surface area contributed by atoms with Crippen molar-refractivity contribution in [3.8, 4) is 0 Å². The molecule has 0 spiro atoms. The van der Waals surface area contributed by atoms with Crippen LogP contribution in [0.2, 0.25) is 0 Å². The van der Waals surface area contributed by atoms with E-state index in [0.717, 1.165) is 13.0 Å². The molecule has 16 heavy (non-hydrogen) atoms. The molecule has 0 aliphatic carbocycles. The molecule has 0 bridgehead atoms. The van der Waals surface area contributed by atoms with Gasteiger partial charge in [0.05, 0.1) is 5.92 Å². The highest BCUT2D eigenvalue weighted by molar-refractivity contribution is 5.89. The Balaban J connectivity index is 0.00000128. The molecule has 2 unspecified atom stereocenters. The highest BCUT2D eigenvalue weighted by Crippen LogP contribution is 2.20. The van der Waals surface area contributed by atoms with Crippen molar-refractivity contribution in [1.82, 2.24) is 9.80 Å². The van der Waals surface area contributed by atoms with Crippen molar-refractivity contribution in [2.45, 2.75) is 18.9 Å². The molecule has 0 aromatic rings. The van der Waals surface area contributed by atoms with Gasteiger partial charge in [-0.25, -0.2) is 0 Å². The van der Waals surface area contributed by atoms with E-state index in [9.17, 15) is 9.59 Å². The largest absolute Gasteiger partial charge is 0.345 e. The predicted molar refractivity (Wildman–Crippen MR) is 62.2 cm³/mol. The summed E-state index contributed by atoms with van der Waals surface area (Å²) in [6.45, 7) is 1.95. The summed E-state index contributed by atoms with van der Waals surface area (Å²) in [5, 5.41) is 0. The first-order valence-corrected chi connectivity index (χ1v) is 5.36. The molecular weight excluding hydrogens is 230 g/mol. The molecule has 2 amide bonds. The Morgan fingerprint density at radius 3 is 2.56 bits per heavy atom. The van der Waals surface area contributed by atoms with Crippen LogP contribution in [0.1, 0.15) is 12.8 Å². The lowest BCUT2D eigenvalue weighted by molar-refractivity contribution is -0.134. The number of likely N-dealkylation sites (tertiary alicyclic amines) is 2. The number of rotatable bonds is 1. The summed E-state index contributed by atoms with van der Waals surface area (Å²) in [6, 6.07) is 0.115. The van der Waals surface area contributed by atoms with E-state index in [4.69, 9.17) is 5.73 Å². The zero-order valence-corrected chi connectivity index (χ0v) is 10.2. The summed E-state index contributed by atoms with van der Waals surface area (Å²) >= 11 is 0. The number of hydrogen-bond donors (Lipinski definition) is 1. The van der Waals surface area contributed by atoms with Crippen LogP contribution < -0.4 is 5.73 Å². The van der Waals surface area contributed by atoms with Gasteiger partial charge in [0.1, 0.15) is 0 Å². The topological polar surface area (TPSA) is 66.6 Å². The van der Waals surface area contributed by atoms with Crippen molar-refractivity contribution in [1.29, 1.82) is 0 Å². The predicted octanol–water partition coefficient (Wildman–Crippen LogP) is -0.554. The molecule has 2 rings (SSSR count). The van der Waals surface area contributed by atoms with Gasteiger partial charge in [0.15, 0.2) is 0 Å². The average molecular weight is 248 g/mol. The van der Waals surface area contributed by atoms with Crippen LogP contribution in [0, 0.1) is 5.92 Å². The van der Waals surface area contributed by atoms with E-state index in [1.165, 1.54) is 0 Å². The second-order valence-electron chi connectivity index (χ2n) is 4.51. The van der Waals surface area contributed by atoms with Crippen LogP contribution in [0.4, 0.5) is 0 Å². The minimum Gasteiger partial charge on any atom is -0.345 e. The highest BCUT2D eigenvalue weighted by Gasteiger charge is 2.36. The van der Waals surface area contributed by atoms with Crippen LogP contribution in [0.25, 0.3) is 0 Å². The van der Waals surface area contributed by atoms with Gasteiger partial charge in [-0.15, -0.1) is 12.4 Å². The minimum absolute atomic E-state index is 0. The van der Waals surface area contributed by atoms with Crippen molar-refractivity contribution < 1.29 is 9.59 Å². The van der Waals surface area contributed by atoms with Crippen molar-refractivity contribution in [2.24, 2.45) is 11.7 Å². The summed E-state index contributed by atoms with van der Waals surface area (Å²) in [5.41, 5.74) is 5.74. The fourth-order valence-corrected chi connectivity index (χ4v) is 2.27. The van der Waals surface area contributed by atoms with E-state index in [2.05, 4.69) is 0 Å². The summed E-state index contributed by atoms with van der Waals surface area (Å²) in [7, 11) is 1.74. The van der Waals surface area contributed by atoms with E-state index in [0.29, 0.717) is 19.5 Å². The van der Waals surface area contributed by atoms with Gasteiger partial charge in [-0.1, -0.05) is 0 Å². The number of nitrogens with zero attached hydrogens (tertiary/aromatic N) is 2. The van der Waals surface area contributed by atoms with Crippen LogP contribution in [0.15, 0.2) is 0 Å². The van der Waals surface area contributed by atoms with Gasteiger partial charge < -0.3 is 15.5 Å². The van der Waals surface area contributed by atoms with Gasteiger partial charge in [-0.3, -0.25) is 9.59 Å². The van der Waals surface area contributed by atoms with Gasteiger partial charge >= 0.3 is 0 Å². The van der Waals surface area contributed by atoms with E-state index in [-0.39, 0.29) is 36.2 Å². The Morgan fingerprint density at radius 2 is 2.12 bits per heavy atom. The number of amides is 2. The summed E-state index contributed by atoms with van der Waals surface area (Å²) in [4.78, 5) is 26.7. The zero-order valence-electron chi connectivity index (χ0n) is 9.39. The van der Waals surface area contributed by atoms with Gasteiger partial charge in [-0.05, 0) is 6.42 Å². The molecular formula is C10H18ClN3O2. The maximum Gasteiger partial charge on any atom is 0.228 e. The first-order valence-electron chi connectivity index (χ1n) is 5.36. The maximum atomic E-state index is 12.0. The molecule has 2 N–H and O–H groups in total. The van der Waals surface area contributed by atoms with Crippen LogP contribution in [0.3, 0.4) is 0 Å². The standard InChI is InChI=1S/C10H17N3O2.ClH/c1-12-5-7(4-9(12)14)10(15)13-3-2-8(11)6-13;/h7-8H,2-6,11H2,1H3;1H. The number of carbonyl (C=O) groups excluding carboxylic acids is 2. The Labute approximate surface area is 101 Å². The molecule has 2 atom stereocenters. The van der Waals surface area contributed by atoms with Crippen LogP contribution in [-0.4, -0.2) is 54.3 Å². The third-order valence-electron chi connectivity index (χ3n) is 3.23. The lowest BCUT2D eigenvalue weighted by Gasteiger charge is -2.19. The summed E-state index contributed by atoms with van der Waals surface area (Å²) < 4.78 is 0. The maximum absolute atomic E-state index is 12.0. The van der Waals surface area contributed by atoms with Crippen molar-refractivity contribution in [3.63, 3.8) is 0 Å². The second kappa shape index (κ2) is 5.01. The lowest BCUT2D eigenvalue weighted by Crippen LogP contribution is -2.37. The average Bonchev–Trinajstić information content (AvgIpc) is 2.74. The fraction of sp³-hybridized carbons (Fsp3) is 0.800. The van der Waals surface area contributed by atoms with Gasteiger partial charge in [0.25, 0.3) is 0 Å². The van der Waals surface area contributed by atoms with Crippen molar-refractivity contribution in [2.75, 3.05) is 26.7 Å². The molecule has 0 aromatic heterocycles. The third kappa shape index (κ3) is 2.47. The van der Waals surface area contributed by atoms with Gasteiger partial charge in [0, 0.05) is 39.1 Å². The summed E-state index contributed by atoms with van der Waals surface area (Å²) in [5.74, 6) is 0.0188. The monoisotopic (exact) mass is 247 g/mol.